The van der Waals surface area contributed by atoms with E-state index in [1.165, 1.54) is 19.2 Å². The summed E-state index contributed by atoms with van der Waals surface area (Å²) in [5.74, 6) is 1.27. The number of nitrogens with two attached hydrogens (primary N) is 1. The van der Waals surface area contributed by atoms with Crippen LogP contribution in [0.5, 0.6) is 17.2 Å². The maximum atomic E-state index is 14.0. The molecule has 3 aromatic rings. The van der Waals surface area contributed by atoms with Gasteiger partial charge in [0, 0.05) is 29.9 Å². The summed E-state index contributed by atoms with van der Waals surface area (Å²) in [5, 5.41) is 0. The van der Waals surface area contributed by atoms with Crippen molar-refractivity contribution in [2.24, 2.45) is 10.7 Å². The fourth-order valence-electron chi connectivity index (χ4n) is 3.25. The number of hydrogen-bond donors (Lipinski definition) is 1. The maximum Gasteiger partial charge on any atom is 0.216 e. The number of methoxy groups -OCH3 is 1. The molecular weight excluding hydrogens is 387 g/mol. The minimum absolute atomic E-state index is 0.00603. The van der Waals surface area contributed by atoms with Gasteiger partial charge in [0.1, 0.15) is 29.1 Å². The molecule has 1 amide bonds. The molecule has 0 aliphatic carbocycles. The minimum Gasteiger partial charge on any atom is -0.495 e. The van der Waals surface area contributed by atoms with E-state index in [1.807, 2.05) is 24.3 Å². The first-order valence-electron chi connectivity index (χ1n) is 9.12. The topological polar surface area (TPSA) is 90.0 Å². The van der Waals surface area contributed by atoms with E-state index in [0.717, 1.165) is 16.0 Å². The van der Waals surface area contributed by atoms with Gasteiger partial charge in [-0.15, -0.1) is 0 Å². The van der Waals surface area contributed by atoms with E-state index >= 15 is 0 Å². The van der Waals surface area contributed by atoms with Gasteiger partial charge in [-0.1, -0.05) is 6.07 Å². The third-order valence-corrected chi connectivity index (χ3v) is 4.85. The summed E-state index contributed by atoms with van der Waals surface area (Å²) in [5.41, 5.74) is 8.88. The normalized spacial score (nSPS) is 14.9. The number of halogens is 1. The summed E-state index contributed by atoms with van der Waals surface area (Å²) >= 11 is 0. The summed E-state index contributed by atoms with van der Waals surface area (Å²) in [4.78, 5) is 20.9. The van der Waals surface area contributed by atoms with Crippen molar-refractivity contribution in [2.45, 2.75) is 6.04 Å². The highest BCUT2D eigenvalue weighted by Gasteiger charge is 2.29. The Hall–Kier alpha value is -3.94. The lowest BCUT2D eigenvalue weighted by molar-refractivity contribution is -0.114. The van der Waals surface area contributed by atoms with E-state index in [2.05, 4.69) is 9.98 Å². The number of rotatable bonds is 4. The molecule has 1 atom stereocenters. The number of amides is 1. The van der Waals surface area contributed by atoms with Gasteiger partial charge in [-0.05, 0) is 42.0 Å². The number of ether oxygens (including phenoxy) is 2. The summed E-state index contributed by atoms with van der Waals surface area (Å²) in [6.45, 7) is 0. The highest BCUT2D eigenvalue weighted by Crippen LogP contribution is 2.46. The van der Waals surface area contributed by atoms with Gasteiger partial charge in [-0.2, -0.15) is 0 Å². The van der Waals surface area contributed by atoms with Gasteiger partial charge in [0.25, 0.3) is 0 Å². The van der Waals surface area contributed by atoms with E-state index in [-0.39, 0.29) is 5.96 Å². The smallest absolute Gasteiger partial charge is 0.216 e. The molecule has 0 spiro atoms. The predicted octanol–water partition coefficient (Wildman–Crippen LogP) is 3.49. The number of pyridine rings is 1. The van der Waals surface area contributed by atoms with Gasteiger partial charge in [-0.25, -0.2) is 9.38 Å². The van der Waals surface area contributed by atoms with Gasteiger partial charge < -0.3 is 15.2 Å². The van der Waals surface area contributed by atoms with E-state index in [9.17, 15) is 9.18 Å². The first-order valence-corrected chi connectivity index (χ1v) is 9.12. The van der Waals surface area contributed by atoms with Crippen molar-refractivity contribution in [3.8, 4) is 28.4 Å². The molecule has 0 saturated carbocycles. The summed E-state index contributed by atoms with van der Waals surface area (Å²) in [6.07, 6.45) is 3.89. The molecule has 152 valence electrons. The van der Waals surface area contributed by atoms with Crippen molar-refractivity contribution < 1.29 is 18.7 Å². The second kappa shape index (κ2) is 7.82. The molecule has 2 aromatic carbocycles. The molecule has 2 heterocycles. The van der Waals surface area contributed by atoms with Gasteiger partial charge in [0.15, 0.2) is 5.96 Å². The van der Waals surface area contributed by atoms with Crippen molar-refractivity contribution >= 4 is 12.4 Å². The molecule has 1 aromatic heterocycles. The lowest BCUT2D eigenvalue weighted by atomic mass is 9.92. The Morgan fingerprint density at radius 2 is 1.90 bits per heavy atom. The van der Waals surface area contributed by atoms with Crippen LogP contribution in [0.2, 0.25) is 0 Å². The van der Waals surface area contributed by atoms with Crippen LogP contribution in [0.1, 0.15) is 17.2 Å². The molecule has 1 aliphatic heterocycles. The molecule has 2 N–H and O–H groups in total. The van der Waals surface area contributed by atoms with Crippen LogP contribution in [0.25, 0.3) is 11.1 Å². The van der Waals surface area contributed by atoms with Crippen LogP contribution in [0.15, 0.2) is 59.9 Å². The highest BCUT2D eigenvalue weighted by atomic mass is 19.1. The molecule has 1 unspecified atom stereocenters. The molecular formula is C22H19FN4O3. The van der Waals surface area contributed by atoms with Gasteiger partial charge >= 0.3 is 0 Å². The maximum absolute atomic E-state index is 14.0. The first kappa shape index (κ1) is 19.4. The number of carbonyl (C=O) groups excluding carboxylic acids is 1. The van der Waals surface area contributed by atoms with Gasteiger partial charge in [0.2, 0.25) is 6.41 Å². The predicted molar refractivity (Wildman–Crippen MR) is 110 cm³/mol. The number of carbonyl (C=O) groups is 1. The van der Waals surface area contributed by atoms with Gasteiger partial charge in [-0.3, -0.25) is 14.7 Å². The van der Waals surface area contributed by atoms with Crippen molar-refractivity contribution in [3.63, 3.8) is 0 Å². The van der Waals surface area contributed by atoms with Gasteiger partial charge in [0.05, 0.1) is 13.3 Å². The first-order chi connectivity index (χ1) is 14.5. The SMILES string of the molecule is COc1cncc(-c2ccc3c(c2)C(/N=C(/N)N(C)C=O)c2cc(F)ccc2O3)c1. The third-order valence-electron chi connectivity index (χ3n) is 4.85. The Balaban J connectivity index is 1.87. The Morgan fingerprint density at radius 1 is 1.17 bits per heavy atom. The van der Waals surface area contributed by atoms with Crippen LogP contribution in [-0.2, 0) is 4.79 Å². The van der Waals surface area contributed by atoms with Crippen LogP contribution >= 0.6 is 0 Å². The van der Waals surface area contributed by atoms with Crippen LogP contribution < -0.4 is 15.2 Å². The molecule has 0 saturated heterocycles. The number of nitrogens with zero attached hydrogens (tertiary/aromatic N) is 3. The second-order valence-corrected chi connectivity index (χ2v) is 6.76. The Bertz CT molecular complexity index is 1150. The third kappa shape index (κ3) is 3.55. The lowest BCUT2D eigenvalue weighted by Crippen LogP contribution is -2.33. The monoisotopic (exact) mass is 406 g/mol. The number of fused-ring (bicyclic) bond motifs is 2. The zero-order valence-electron chi connectivity index (χ0n) is 16.4. The second-order valence-electron chi connectivity index (χ2n) is 6.76. The van der Waals surface area contributed by atoms with Crippen molar-refractivity contribution in [1.29, 1.82) is 0 Å². The minimum atomic E-state index is -0.652. The number of guanidine groups is 1. The van der Waals surface area contributed by atoms with Crippen LogP contribution in [0.4, 0.5) is 4.39 Å². The zero-order valence-corrected chi connectivity index (χ0v) is 16.4. The Morgan fingerprint density at radius 3 is 2.63 bits per heavy atom. The number of hydrogen-bond acceptors (Lipinski definition) is 5. The van der Waals surface area contributed by atoms with Crippen LogP contribution in [0, 0.1) is 5.82 Å². The average Bonchev–Trinajstić information content (AvgIpc) is 2.78. The molecule has 1 aliphatic rings. The van der Waals surface area contributed by atoms with Crippen molar-refractivity contribution in [1.82, 2.24) is 9.88 Å². The zero-order chi connectivity index (χ0) is 21.3. The average molecular weight is 406 g/mol. The Kier molecular flexibility index (Phi) is 5.05. The number of aliphatic imine (C=N–C) groups is 1. The quantitative estimate of drug-likeness (QED) is 0.407. The Labute approximate surface area is 172 Å². The standard InChI is InChI=1S/C22H19FN4O3/c1-27(12-28)22(24)26-21-17-8-13(14-7-16(29-2)11-25-10-14)3-5-19(17)30-20-6-4-15(23)9-18(20)21/h3-12,21H,1-2H3,(H2,24,26). The lowest BCUT2D eigenvalue weighted by Gasteiger charge is -2.27. The van der Waals surface area contributed by atoms with E-state index in [1.54, 1.807) is 25.6 Å². The summed E-state index contributed by atoms with van der Waals surface area (Å²) in [6, 6.07) is 11.0. The summed E-state index contributed by atoms with van der Waals surface area (Å²) in [7, 11) is 3.07. The number of benzene rings is 2. The highest BCUT2D eigenvalue weighted by molar-refractivity contribution is 5.87. The van der Waals surface area contributed by atoms with E-state index in [0.29, 0.717) is 34.8 Å². The largest absolute Gasteiger partial charge is 0.495 e. The van der Waals surface area contributed by atoms with Crippen LogP contribution in [-0.4, -0.2) is 36.4 Å². The fraction of sp³-hybridized carbons (Fsp3) is 0.136. The van der Waals surface area contributed by atoms with E-state index in [4.69, 9.17) is 15.2 Å². The molecule has 0 fully saturated rings. The molecule has 4 rings (SSSR count). The fourth-order valence-corrected chi connectivity index (χ4v) is 3.25. The molecule has 8 heteroatoms. The number of aromatic nitrogens is 1. The molecule has 30 heavy (non-hydrogen) atoms. The molecule has 0 radical (unpaired) electrons. The van der Waals surface area contributed by atoms with Crippen molar-refractivity contribution in [2.75, 3.05) is 14.2 Å². The van der Waals surface area contributed by atoms with Crippen LogP contribution in [0.3, 0.4) is 0 Å². The molecule has 0 bridgehead atoms. The van der Waals surface area contributed by atoms with Crippen molar-refractivity contribution in [3.05, 3.63) is 71.8 Å². The van der Waals surface area contributed by atoms with E-state index < -0.39 is 11.9 Å². The summed E-state index contributed by atoms with van der Waals surface area (Å²) < 4.78 is 25.2. The molecule has 7 nitrogen and oxygen atoms in total.